The average Bonchev–Trinajstić information content (AvgIpc) is 3.49. The highest BCUT2D eigenvalue weighted by Gasteiger charge is 2.52. The van der Waals surface area contributed by atoms with E-state index in [9.17, 15) is 27.6 Å². The van der Waals surface area contributed by atoms with Crippen LogP contribution in [0.2, 0.25) is 0 Å². The fraction of sp³-hybridized carbons (Fsp3) is 0.533. The average molecular weight is 587 g/mol. The van der Waals surface area contributed by atoms with Gasteiger partial charge in [-0.2, -0.15) is 23.5 Å². The summed E-state index contributed by atoms with van der Waals surface area (Å²) in [6, 6.07) is 4.47. The molecule has 1 saturated heterocycles. The Hall–Kier alpha value is -3.88. The Morgan fingerprint density at radius 1 is 1.26 bits per heavy atom. The van der Waals surface area contributed by atoms with Gasteiger partial charge in [-0.15, -0.1) is 0 Å². The number of likely N-dealkylation sites (tertiary alicyclic amines) is 1. The van der Waals surface area contributed by atoms with Gasteiger partial charge in [0.05, 0.1) is 29.6 Å². The van der Waals surface area contributed by atoms with Crippen LogP contribution in [0.25, 0.3) is 0 Å². The quantitative estimate of drug-likeness (QED) is 0.464. The molecule has 1 spiro atoms. The van der Waals surface area contributed by atoms with E-state index in [4.69, 9.17) is 10.5 Å². The Labute approximate surface area is 241 Å². The molecule has 12 heteroatoms. The summed E-state index contributed by atoms with van der Waals surface area (Å²) < 4.78 is 60.5. The number of nitrogens with zero attached hydrogens (tertiary/aromatic N) is 5. The maximum absolute atomic E-state index is 14.3. The first-order chi connectivity index (χ1) is 19.7. The van der Waals surface area contributed by atoms with Crippen molar-refractivity contribution in [1.82, 2.24) is 14.7 Å². The number of allylic oxidation sites excluding steroid dienone is 2. The molecule has 1 aromatic heterocycles. The second kappa shape index (κ2) is 10.7. The molecule has 1 aromatic carbocycles. The number of nitriles is 1. The zero-order valence-electron chi connectivity index (χ0n) is 23.8. The second-order valence-corrected chi connectivity index (χ2v) is 12.6. The van der Waals surface area contributed by atoms with Crippen LogP contribution in [0.4, 0.5) is 22.4 Å². The highest BCUT2D eigenvalue weighted by atomic mass is 19.4. The summed E-state index contributed by atoms with van der Waals surface area (Å²) in [5, 5.41) is 14.3. The first kappa shape index (κ1) is 29.6. The highest BCUT2D eigenvalue weighted by molar-refractivity contribution is 6.15. The van der Waals surface area contributed by atoms with Gasteiger partial charge in [0, 0.05) is 48.6 Å². The minimum Gasteiger partial charge on any atom is -0.444 e. The second-order valence-electron chi connectivity index (χ2n) is 12.6. The number of hydrogen-bond acceptors (Lipinski definition) is 6. The van der Waals surface area contributed by atoms with Crippen molar-refractivity contribution in [3.8, 4) is 6.07 Å². The zero-order valence-corrected chi connectivity index (χ0v) is 23.8. The van der Waals surface area contributed by atoms with Crippen LogP contribution >= 0.6 is 0 Å². The van der Waals surface area contributed by atoms with E-state index >= 15 is 0 Å². The molecule has 2 aliphatic heterocycles. The van der Waals surface area contributed by atoms with E-state index in [0.29, 0.717) is 49.1 Å². The molecule has 0 bridgehead atoms. The van der Waals surface area contributed by atoms with E-state index in [1.807, 2.05) is 20.8 Å². The van der Waals surface area contributed by atoms with Crippen molar-refractivity contribution in [2.45, 2.75) is 64.8 Å². The lowest BCUT2D eigenvalue weighted by molar-refractivity contribution is -0.137. The Morgan fingerprint density at radius 2 is 2.00 bits per heavy atom. The minimum absolute atomic E-state index is 0.0322. The number of amides is 1. The van der Waals surface area contributed by atoms with Crippen molar-refractivity contribution >= 4 is 11.8 Å². The fourth-order valence-electron chi connectivity index (χ4n) is 6.42. The van der Waals surface area contributed by atoms with Crippen molar-refractivity contribution in [2.24, 2.45) is 28.0 Å². The van der Waals surface area contributed by atoms with E-state index in [1.54, 1.807) is 4.90 Å². The van der Waals surface area contributed by atoms with Crippen molar-refractivity contribution in [2.75, 3.05) is 19.6 Å². The van der Waals surface area contributed by atoms with Gasteiger partial charge in [-0.3, -0.25) is 9.67 Å². The van der Waals surface area contributed by atoms with Crippen LogP contribution in [0.5, 0.6) is 0 Å². The molecule has 2 N–H and O–H groups in total. The molecule has 1 amide bonds. The summed E-state index contributed by atoms with van der Waals surface area (Å²) in [6.45, 7) is 7.06. The Bertz CT molecular complexity index is 1470. The van der Waals surface area contributed by atoms with E-state index in [0.717, 1.165) is 31.4 Å². The number of ether oxygens (including phenoxy) is 1. The fourth-order valence-corrected chi connectivity index (χ4v) is 6.42. The van der Waals surface area contributed by atoms with Gasteiger partial charge in [0.15, 0.2) is 0 Å². The number of halogens is 4. The zero-order chi connectivity index (χ0) is 30.4. The van der Waals surface area contributed by atoms with Crippen LogP contribution in [0.15, 0.2) is 46.9 Å². The molecule has 5 rings (SSSR count). The van der Waals surface area contributed by atoms with E-state index in [1.165, 1.54) is 17.1 Å². The smallest absolute Gasteiger partial charge is 0.416 e. The number of rotatable bonds is 4. The van der Waals surface area contributed by atoms with Gasteiger partial charge in [-0.1, -0.05) is 0 Å². The van der Waals surface area contributed by atoms with Gasteiger partial charge >= 0.3 is 12.3 Å². The van der Waals surface area contributed by atoms with Crippen molar-refractivity contribution in [3.63, 3.8) is 0 Å². The highest BCUT2D eigenvalue weighted by Crippen LogP contribution is 2.56. The summed E-state index contributed by atoms with van der Waals surface area (Å²) in [6.07, 6.45) is 1.46. The van der Waals surface area contributed by atoms with Crippen LogP contribution in [0.3, 0.4) is 0 Å². The maximum Gasteiger partial charge on any atom is 0.416 e. The molecule has 224 valence electrons. The molecule has 3 aliphatic rings. The van der Waals surface area contributed by atoms with E-state index in [-0.39, 0.29) is 41.0 Å². The van der Waals surface area contributed by atoms with Gasteiger partial charge < -0.3 is 15.4 Å². The predicted octanol–water partition coefficient (Wildman–Crippen LogP) is 5.67. The molecule has 1 unspecified atom stereocenters. The monoisotopic (exact) mass is 586 g/mol. The number of benzene rings is 1. The molecule has 42 heavy (non-hydrogen) atoms. The minimum atomic E-state index is -4.59. The molecule has 1 aliphatic carbocycles. The lowest BCUT2D eigenvalue weighted by Crippen LogP contribution is -2.45. The number of nitrogens with two attached hydrogens (primary N) is 1. The Morgan fingerprint density at radius 3 is 2.67 bits per heavy atom. The summed E-state index contributed by atoms with van der Waals surface area (Å²) >= 11 is 0. The lowest BCUT2D eigenvalue weighted by Gasteiger charge is -2.48. The third-order valence-electron chi connectivity index (χ3n) is 8.41. The lowest BCUT2D eigenvalue weighted by atomic mass is 9.56. The van der Waals surface area contributed by atoms with Crippen molar-refractivity contribution < 1.29 is 27.1 Å². The van der Waals surface area contributed by atoms with Crippen molar-refractivity contribution in [3.05, 3.63) is 64.4 Å². The molecule has 8 nitrogen and oxygen atoms in total. The largest absolute Gasteiger partial charge is 0.444 e. The van der Waals surface area contributed by atoms with Gasteiger partial charge in [0.1, 0.15) is 17.5 Å². The normalized spacial score (nSPS) is 24.7. The third-order valence-corrected chi connectivity index (χ3v) is 8.41. The molecule has 1 saturated carbocycles. The molecule has 2 aromatic rings. The van der Waals surface area contributed by atoms with Crippen LogP contribution in [-0.4, -0.2) is 51.7 Å². The SMILES string of the molecule is CC(C)(C)OC(=O)N1CCC2(CC(C3CCN=C(c4cnn(Cc5cc(C(F)(F)F)ccc5F)c4)C(C#N)=C3N)C2)C1. The topological polar surface area (TPSA) is 110 Å². The number of carbonyl (C=O) groups excluding carboxylic acids is 1. The number of carbonyl (C=O) groups is 1. The van der Waals surface area contributed by atoms with Crippen molar-refractivity contribution in [1.29, 1.82) is 5.26 Å². The number of alkyl halides is 3. The van der Waals surface area contributed by atoms with Crippen LogP contribution in [0, 0.1) is 34.4 Å². The summed E-state index contributed by atoms with van der Waals surface area (Å²) in [4.78, 5) is 19.0. The van der Waals surface area contributed by atoms with Gasteiger partial charge in [-0.05, 0) is 76.0 Å². The first-order valence-electron chi connectivity index (χ1n) is 14.0. The third kappa shape index (κ3) is 6.01. The molecular weight excluding hydrogens is 552 g/mol. The van der Waals surface area contributed by atoms with E-state index < -0.39 is 23.2 Å². The predicted molar refractivity (Wildman–Crippen MR) is 147 cm³/mol. The van der Waals surface area contributed by atoms with Crippen LogP contribution < -0.4 is 5.73 Å². The standard InChI is InChI=1S/C30H34F4N6O2/c1-28(2,3)42-27(41)39-9-7-29(17-39)11-19(12-29)22-6-8-37-26(23(13-35)25(22)36)20-14-38-40(16-20)15-18-10-21(30(32,33)34)4-5-24(18)31/h4-5,10,14,16,19,22H,6-9,11-12,15,17,36H2,1-3H3. The van der Waals surface area contributed by atoms with E-state index in [2.05, 4.69) is 16.2 Å². The summed E-state index contributed by atoms with van der Waals surface area (Å²) in [5.74, 6) is -0.559. The van der Waals surface area contributed by atoms with Gasteiger partial charge in [0.2, 0.25) is 0 Å². The summed E-state index contributed by atoms with van der Waals surface area (Å²) in [7, 11) is 0. The molecule has 0 radical (unpaired) electrons. The van der Waals surface area contributed by atoms with Gasteiger partial charge in [0.25, 0.3) is 0 Å². The molecular formula is C30H34F4N6O2. The maximum atomic E-state index is 14.3. The molecule has 1 atom stereocenters. The Kier molecular flexibility index (Phi) is 7.58. The van der Waals surface area contributed by atoms with Crippen LogP contribution in [0.1, 0.15) is 63.1 Å². The molecule has 3 heterocycles. The van der Waals surface area contributed by atoms with Gasteiger partial charge in [-0.25, -0.2) is 9.18 Å². The number of hydrogen-bond donors (Lipinski definition) is 1. The number of aromatic nitrogens is 2. The first-order valence-corrected chi connectivity index (χ1v) is 14.0. The number of aliphatic imine (C=N–C) groups is 1. The Balaban J connectivity index is 1.28. The van der Waals surface area contributed by atoms with Crippen LogP contribution in [-0.2, 0) is 17.5 Å². The summed E-state index contributed by atoms with van der Waals surface area (Å²) in [5.41, 5.74) is 6.58. The molecule has 2 fully saturated rings.